The summed E-state index contributed by atoms with van der Waals surface area (Å²) >= 11 is 1.09. The molecule has 1 saturated carbocycles. The summed E-state index contributed by atoms with van der Waals surface area (Å²) in [5.41, 5.74) is 0.786. The number of rotatable bonds is 8. The van der Waals surface area contributed by atoms with E-state index in [1.54, 1.807) is 12.1 Å². The number of carboxylic acid groups (broad SMARTS) is 1. The maximum Gasteiger partial charge on any atom is 0.335 e. The monoisotopic (exact) mass is 407 g/mol. The van der Waals surface area contributed by atoms with Gasteiger partial charge in [-0.05, 0) is 41.9 Å². The molecule has 2 atom stereocenters. The van der Waals surface area contributed by atoms with Gasteiger partial charge in [-0.3, -0.25) is 9.59 Å². The normalized spacial score (nSPS) is 21.1. The topological polar surface area (TPSA) is 92.7 Å². The van der Waals surface area contributed by atoms with E-state index < -0.39 is 5.97 Å². The van der Waals surface area contributed by atoms with Crippen molar-refractivity contribution in [1.82, 2.24) is 5.32 Å². The highest BCUT2D eigenvalue weighted by atomic mass is 32.2. The van der Waals surface area contributed by atoms with E-state index in [1.165, 1.54) is 12.1 Å². The average molecular weight is 408 g/mol. The number of thioether (sulfide) groups is 1. The standard InChI is InChI=1S/C21H29NO5S/c1-14-11-21(14,13-20(2,3)4)18(25)27-10-9-22-19(26)28-12-15-5-7-16(8-6-15)17(23)24/h5-8,14H,9-13H2,1-4H3,(H,22,26)(H,23,24). The number of amides is 1. The Morgan fingerprint density at radius 1 is 1.25 bits per heavy atom. The minimum atomic E-state index is -0.976. The second-order valence-corrected chi connectivity index (χ2v) is 9.59. The number of benzene rings is 1. The predicted octanol–water partition coefficient (Wildman–Crippen LogP) is 4.33. The number of carbonyl (C=O) groups excluding carboxylic acids is 2. The molecular weight excluding hydrogens is 378 g/mol. The highest BCUT2D eigenvalue weighted by Gasteiger charge is 2.59. The van der Waals surface area contributed by atoms with Crippen molar-refractivity contribution in [1.29, 1.82) is 0 Å². The molecule has 2 unspecified atom stereocenters. The molecule has 0 heterocycles. The SMILES string of the molecule is CC1CC1(CC(C)(C)C)C(=O)OCCNC(=O)SCc1ccc(C(=O)O)cc1. The van der Waals surface area contributed by atoms with Gasteiger partial charge in [0.05, 0.1) is 17.5 Å². The maximum atomic E-state index is 12.5. The lowest BCUT2D eigenvalue weighted by molar-refractivity contribution is -0.152. The largest absolute Gasteiger partial charge is 0.478 e. The number of carbonyl (C=O) groups is 3. The van der Waals surface area contributed by atoms with Crippen molar-refractivity contribution in [2.24, 2.45) is 16.7 Å². The number of aromatic carboxylic acids is 1. The van der Waals surface area contributed by atoms with Gasteiger partial charge in [0, 0.05) is 5.75 Å². The summed E-state index contributed by atoms with van der Waals surface area (Å²) in [6.07, 6.45) is 1.68. The molecule has 28 heavy (non-hydrogen) atoms. The molecule has 1 aliphatic carbocycles. The molecule has 0 spiro atoms. The fourth-order valence-electron chi connectivity index (χ4n) is 3.42. The first kappa shape index (κ1) is 22.3. The van der Waals surface area contributed by atoms with E-state index in [9.17, 15) is 14.4 Å². The van der Waals surface area contributed by atoms with Gasteiger partial charge in [0.25, 0.3) is 5.24 Å². The highest BCUT2D eigenvalue weighted by Crippen LogP contribution is 2.59. The fourth-order valence-corrected chi connectivity index (χ4v) is 4.12. The van der Waals surface area contributed by atoms with Crippen LogP contribution in [0.15, 0.2) is 24.3 Å². The summed E-state index contributed by atoms with van der Waals surface area (Å²) < 4.78 is 5.42. The second kappa shape index (κ2) is 8.99. The van der Waals surface area contributed by atoms with E-state index in [2.05, 4.69) is 33.0 Å². The van der Waals surface area contributed by atoms with Crippen LogP contribution in [0.25, 0.3) is 0 Å². The molecule has 1 amide bonds. The van der Waals surface area contributed by atoms with E-state index in [0.29, 0.717) is 11.7 Å². The van der Waals surface area contributed by atoms with Gasteiger partial charge in [0.15, 0.2) is 0 Å². The summed E-state index contributed by atoms with van der Waals surface area (Å²) in [6, 6.07) is 6.41. The van der Waals surface area contributed by atoms with Gasteiger partial charge in [-0.1, -0.05) is 51.6 Å². The summed E-state index contributed by atoms with van der Waals surface area (Å²) in [4.78, 5) is 35.2. The molecule has 0 aromatic heterocycles. The number of hydrogen-bond acceptors (Lipinski definition) is 5. The van der Waals surface area contributed by atoms with Crippen molar-refractivity contribution in [3.05, 3.63) is 35.4 Å². The third kappa shape index (κ3) is 6.26. The van der Waals surface area contributed by atoms with Crippen molar-refractivity contribution in [2.45, 2.75) is 46.3 Å². The number of ether oxygens (including phenoxy) is 1. The van der Waals surface area contributed by atoms with Crippen LogP contribution >= 0.6 is 11.8 Å². The Labute approximate surface area is 170 Å². The van der Waals surface area contributed by atoms with E-state index in [1.807, 2.05) is 0 Å². The first-order chi connectivity index (χ1) is 13.0. The van der Waals surface area contributed by atoms with E-state index in [-0.39, 0.29) is 40.8 Å². The Morgan fingerprint density at radius 2 is 1.86 bits per heavy atom. The van der Waals surface area contributed by atoms with Crippen molar-refractivity contribution in [3.8, 4) is 0 Å². The first-order valence-corrected chi connectivity index (χ1v) is 10.4. The number of esters is 1. The Hall–Kier alpha value is -2.02. The Bertz CT molecular complexity index is 725. The van der Waals surface area contributed by atoms with Crippen LogP contribution in [-0.2, 0) is 15.3 Å². The van der Waals surface area contributed by atoms with Crippen LogP contribution in [-0.4, -0.2) is 35.4 Å². The van der Waals surface area contributed by atoms with Gasteiger partial charge in [0.2, 0.25) is 0 Å². The molecule has 0 saturated heterocycles. The maximum absolute atomic E-state index is 12.5. The second-order valence-electron chi connectivity index (χ2n) is 8.64. The van der Waals surface area contributed by atoms with Crippen molar-refractivity contribution in [3.63, 3.8) is 0 Å². The van der Waals surface area contributed by atoms with Crippen LogP contribution in [0.4, 0.5) is 4.79 Å². The van der Waals surface area contributed by atoms with Gasteiger partial charge in [-0.2, -0.15) is 0 Å². The summed E-state index contributed by atoms with van der Waals surface area (Å²) in [5, 5.41) is 11.4. The Kier molecular flexibility index (Phi) is 7.15. The Balaban J connectivity index is 1.67. The summed E-state index contributed by atoms with van der Waals surface area (Å²) in [7, 11) is 0. The molecule has 1 fully saturated rings. The molecule has 7 heteroatoms. The number of nitrogens with one attached hydrogen (secondary N) is 1. The summed E-state index contributed by atoms with van der Waals surface area (Å²) in [6.45, 7) is 8.89. The van der Waals surface area contributed by atoms with Crippen molar-refractivity contribution in [2.75, 3.05) is 13.2 Å². The molecule has 1 aromatic carbocycles. The molecule has 0 aliphatic heterocycles. The minimum Gasteiger partial charge on any atom is -0.478 e. The molecule has 2 N–H and O–H groups in total. The lowest BCUT2D eigenvalue weighted by atomic mass is 9.81. The quantitative estimate of drug-likeness (QED) is 0.492. The zero-order valence-corrected chi connectivity index (χ0v) is 17.7. The zero-order chi connectivity index (χ0) is 20.9. The molecule has 1 aliphatic rings. The minimum absolute atomic E-state index is 0.0668. The third-order valence-corrected chi connectivity index (χ3v) is 5.77. The first-order valence-electron chi connectivity index (χ1n) is 9.43. The van der Waals surface area contributed by atoms with Crippen LogP contribution in [0.1, 0.15) is 56.5 Å². The average Bonchev–Trinajstić information content (AvgIpc) is 3.25. The van der Waals surface area contributed by atoms with Gasteiger partial charge in [-0.25, -0.2) is 4.79 Å². The van der Waals surface area contributed by atoms with Gasteiger partial charge >= 0.3 is 11.9 Å². The lowest BCUT2D eigenvalue weighted by Crippen LogP contribution is -2.30. The molecular formula is C21H29NO5S. The molecule has 6 nitrogen and oxygen atoms in total. The predicted molar refractivity (Wildman–Crippen MR) is 109 cm³/mol. The number of hydrogen-bond donors (Lipinski definition) is 2. The van der Waals surface area contributed by atoms with Crippen molar-refractivity contribution < 1.29 is 24.2 Å². The highest BCUT2D eigenvalue weighted by molar-refractivity contribution is 8.12. The van der Waals surface area contributed by atoms with Gasteiger partial charge < -0.3 is 15.2 Å². The lowest BCUT2D eigenvalue weighted by Gasteiger charge is -2.25. The smallest absolute Gasteiger partial charge is 0.335 e. The van der Waals surface area contributed by atoms with Gasteiger partial charge in [0.1, 0.15) is 6.61 Å². The molecule has 0 bridgehead atoms. The van der Waals surface area contributed by atoms with Crippen LogP contribution in [0.5, 0.6) is 0 Å². The van der Waals surface area contributed by atoms with Crippen LogP contribution in [0, 0.1) is 16.7 Å². The van der Waals surface area contributed by atoms with Crippen LogP contribution in [0.2, 0.25) is 0 Å². The third-order valence-electron chi connectivity index (χ3n) is 4.88. The van der Waals surface area contributed by atoms with Gasteiger partial charge in [-0.15, -0.1) is 0 Å². The fraction of sp³-hybridized carbons (Fsp3) is 0.571. The van der Waals surface area contributed by atoms with E-state index in [4.69, 9.17) is 9.84 Å². The number of carboxylic acids is 1. The van der Waals surface area contributed by atoms with Crippen molar-refractivity contribution >= 4 is 28.9 Å². The molecule has 2 rings (SSSR count). The van der Waals surface area contributed by atoms with Crippen LogP contribution in [0.3, 0.4) is 0 Å². The van der Waals surface area contributed by atoms with E-state index >= 15 is 0 Å². The van der Waals surface area contributed by atoms with E-state index in [0.717, 1.165) is 30.2 Å². The Morgan fingerprint density at radius 3 is 2.36 bits per heavy atom. The summed E-state index contributed by atoms with van der Waals surface area (Å²) in [5.74, 6) is -0.346. The molecule has 1 aromatic rings. The van der Waals surface area contributed by atoms with Crippen LogP contribution < -0.4 is 5.32 Å². The zero-order valence-electron chi connectivity index (χ0n) is 16.9. The molecule has 154 valence electrons. The molecule has 0 radical (unpaired) electrons.